The summed E-state index contributed by atoms with van der Waals surface area (Å²) < 4.78 is 34.1. The Hall–Kier alpha value is -3.56. The molecule has 3 aromatic carbocycles. The lowest BCUT2D eigenvalue weighted by atomic mass is 10.1. The normalized spacial score (nSPS) is 12.7. The molecule has 10 heteroatoms. The van der Waals surface area contributed by atoms with Crippen molar-refractivity contribution in [2.75, 3.05) is 18.0 Å². The van der Waals surface area contributed by atoms with Gasteiger partial charge >= 0.3 is 0 Å². The van der Waals surface area contributed by atoms with Gasteiger partial charge in [0.25, 0.3) is 10.0 Å². The zero-order valence-electron chi connectivity index (χ0n) is 23.2. The van der Waals surface area contributed by atoms with Gasteiger partial charge in [0.15, 0.2) is 0 Å². The molecule has 0 fully saturated rings. The van der Waals surface area contributed by atoms with Gasteiger partial charge in [-0.2, -0.15) is 0 Å². The molecule has 2 atom stereocenters. The summed E-state index contributed by atoms with van der Waals surface area (Å²) >= 11 is 6.44. The van der Waals surface area contributed by atoms with Crippen LogP contribution in [0.25, 0.3) is 0 Å². The van der Waals surface area contributed by atoms with E-state index in [2.05, 4.69) is 5.32 Å². The fourth-order valence-electron chi connectivity index (χ4n) is 4.18. The summed E-state index contributed by atoms with van der Waals surface area (Å²) in [6, 6.07) is 20.5. The molecule has 0 bridgehead atoms. The van der Waals surface area contributed by atoms with Gasteiger partial charge in [-0.15, -0.1) is 0 Å². The Labute approximate surface area is 241 Å². The molecule has 0 aliphatic heterocycles. The van der Waals surface area contributed by atoms with Crippen LogP contribution in [0, 0.1) is 0 Å². The molecule has 214 valence electrons. The van der Waals surface area contributed by atoms with Crippen molar-refractivity contribution in [2.45, 2.75) is 57.1 Å². The number of carbonyl (C=O) groups excluding carboxylic acids is 2. The smallest absolute Gasteiger partial charge is 0.264 e. The van der Waals surface area contributed by atoms with Crippen LogP contribution in [0.2, 0.25) is 5.02 Å². The number of methoxy groups -OCH3 is 1. The zero-order valence-corrected chi connectivity index (χ0v) is 24.8. The summed E-state index contributed by atoms with van der Waals surface area (Å²) in [5.74, 6) is -0.421. The lowest BCUT2D eigenvalue weighted by molar-refractivity contribution is -0.140. The second kappa shape index (κ2) is 14.2. The number of carbonyl (C=O) groups is 2. The van der Waals surface area contributed by atoms with E-state index < -0.39 is 28.5 Å². The van der Waals surface area contributed by atoms with Crippen molar-refractivity contribution >= 4 is 39.1 Å². The highest BCUT2D eigenvalue weighted by molar-refractivity contribution is 7.92. The van der Waals surface area contributed by atoms with Crippen molar-refractivity contribution in [3.63, 3.8) is 0 Å². The highest BCUT2D eigenvalue weighted by Crippen LogP contribution is 2.28. The first-order valence-corrected chi connectivity index (χ1v) is 15.0. The van der Waals surface area contributed by atoms with E-state index in [-0.39, 0.29) is 29.1 Å². The van der Waals surface area contributed by atoms with E-state index in [0.29, 0.717) is 22.8 Å². The molecule has 0 heterocycles. The van der Waals surface area contributed by atoms with Crippen LogP contribution >= 0.6 is 11.6 Å². The topological polar surface area (TPSA) is 96.0 Å². The van der Waals surface area contributed by atoms with E-state index in [4.69, 9.17) is 16.3 Å². The Balaban J connectivity index is 2.08. The molecule has 1 N–H and O–H groups in total. The number of sulfonamides is 1. The van der Waals surface area contributed by atoms with Crippen LogP contribution in [0.5, 0.6) is 5.75 Å². The Bertz CT molecular complexity index is 1400. The Morgan fingerprint density at radius 1 is 0.950 bits per heavy atom. The maximum atomic E-state index is 14.1. The molecular weight excluding hydrogens is 550 g/mol. The Kier molecular flexibility index (Phi) is 11.0. The fraction of sp³-hybridized carbons (Fsp3) is 0.333. The predicted molar refractivity (Wildman–Crippen MR) is 158 cm³/mol. The zero-order chi connectivity index (χ0) is 29.3. The van der Waals surface area contributed by atoms with Gasteiger partial charge in [-0.05, 0) is 55.7 Å². The molecule has 40 heavy (non-hydrogen) atoms. The fourth-order valence-corrected chi connectivity index (χ4v) is 5.81. The summed E-state index contributed by atoms with van der Waals surface area (Å²) in [7, 11) is -2.68. The molecule has 0 spiro atoms. The monoisotopic (exact) mass is 585 g/mol. The molecule has 0 saturated heterocycles. The number of hydrogen-bond acceptors (Lipinski definition) is 5. The maximum Gasteiger partial charge on any atom is 0.264 e. The quantitative estimate of drug-likeness (QED) is 0.295. The van der Waals surface area contributed by atoms with Crippen LogP contribution in [0.3, 0.4) is 0 Å². The van der Waals surface area contributed by atoms with Gasteiger partial charge in [-0.25, -0.2) is 8.42 Å². The molecule has 3 rings (SSSR count). The van der Waals surface area contributed by atoms with Gasteiger partial charge in [-0.3, -0.25) is 13.9 Å². The van der Waals surface area contributed by atoms with E-state index in [1.54, 1.807) is 66.7 Å². The van der Waals surface area contributed by atoms with Crippen molar-refractivity contribution in [3.05, 3.63) is 89.4 Å². The molecule has 3 aromatic rings. The van der Waals surface area contributed by atoms with Crippen LogP contribution in [0.4, 0.5) is 5.69 Å². The number of halogens is 1. The van der Waals surface area contributed by atoms with Crippen LogP contribution in [-0.4, -0.2) is 50.9 Å². The van der Waals surface area contributed by atoms with Gasteiger partial charge in [0.1, 0.15) is 18.3 Å². The number of anilines is 1. The largest absolute Gasteiger partial charge is 0.497 e. The second-order valence-corrected chi connectivity index (χ2v) is 11.7. The van der Waals surface area contributed by atoms with Crippen LogP contribution in [-0.2, 0) is 26.2 Å². The van der Waals surface area contributed by atoms with E-state index >= 15 is 0 Å². The molecule has 0 aromatic heterocycles. The molecular formula is C30H36ClN3O5S. The second-order valence-electron chi connectivity index (χ2n) is 9.38. The summed E-state index contributed by atoms with van der Waals surface area (Å²) in [5.41, 5.74) is 0.900. The average Bonchev–Trinajstić information content (AvgIpc) is 2.96. The summed E-state index contributed by atoms with van der Waals surface area (Å²) in [5, 5.41) is 3.40. The molecule has 0 aliphatic rings. The van der Waals surface area contributed by atoms with Gasteiger partial charge in [-0.1, -0.05) is 67.9 Å². The number of amides is 2. The van der Waals surface area contributed by atoms with Gasteiger partial charge in [0, 0.05) is 23.7 Å². The highest BCUT2D eigenvalue weighted by Gasteiger charge is 2.34. The van der Waals surface area contributed by atoms with E-state index in [0.717, 1.165) is 10.7 Å². The van der Waals surface area contributed by atoms with Gasteiger partial charge in [0.05, 0.1) is 17.7 Å². The molecule has 0 aliphatic carbocycles. The number of nitrogens with one attached hydrogen (secondary N) is 1. The number of ether oxygens (including phenoxy) is 1. The Morgan fingerprint density at radius 2 is 1.62 bits per heavy atom. The lowest BCUT2D eigenvalue weighted by Crippen LogP contribution is -2.53. The first-order chi connectivity index (χ1) is 19.1. The third-order valence-corrected chi connectivity index (χ3v) is 8.79. The summed E-state index contributed by atoms with van der Waals surface area (Å²) in [6.07, 6.45) is 1.04. The minimum atomic E-state index is -4.16. The van der Waals surface area contributed by atoms with Gasteiger partial charge in [0.2, 0.25) is 11.8 Å². The van der Waals surface area contributed by atoms with Crippen molar-refractivity contribution in [1.82, 2.24) is 10.2 Å². The first-order valence-electron chi connectivity index (χ1n) is 13.2. The van der Waals surface area contributed by atoms with Crippen molar-refractivity contribution in [3.8, 4) is 5.75 Å². The maximum absolute atomic E-state index is 14.1. The van der Waals surface area contributed by atoms with Crippen LogP contribution in [0.15, 0.2) is 83.8 Å². The minimum absolute atomic E-state index is 0.0300. The van der Waals surface area contributed by atoms with E-state index in [1.165, 1.54) is 24.1 Å². The standard InChI is InChI=1S/C30H36ClN3O5S/c1-5-22(3)32-30(36)28(6-2)33(20-23-13-10-11-18-27(23)31)29(35)21-34(24-14-12-15-25(19-24)39-4)40(37,38)26-16-8-7-9-17-26/h7-19,22,28H,5-6,20-21H2,1-4H3,(H,32,36)/t22-,28+/m1/s1. The van der Waals surface area contributed by atoms with Crippen molar-refractivity contribution in [2.24, 2.45) is 0 Å². The number of nitrogens with zero attached hydrogens (tertiary/aromatic N) is 2. The molecule has 0 saturated carbocycles. The SMILES string of the molecule is CC[C@@H](C)NC(=O)[C@H](CC)N(Cc1ccccc1Cl)C(=O)CN(c1cccc(OC)c1)S(=O)(=O)c1ccccc1. The number of benzene rings is 3. The third kappa shape index (κ3) is 7.55. The average molecular weight is 586 g/mol. The van der Waals surface area contributed by atoms with Crippen molar-refractivity contribution < 1.29 is 22.7 Å². The van der Waals surface area contributed by atoms with Gasteiger partial charge < -0.3 is 15.0 Å². The lowest BCUT2D eigenvalue weighted by Gasteiger charge is -2.34. The van der Waals surface area contributed by atoms with E-state index in [1.807, 2.05) is 20.8 Å². The molecule has 0 radical (unpaired) electrons. The number of rotatable bonds is 13. The summed E-state index contributed by atoms with van der Waals surface area (Å²) in [4.78, 5) is 28.9. The third-order valence-electron chi connectivity index (χ3n) is 6.64. The van der Waals surface area contributed by atoms with Crippen LogP contribution in [0.1, 0.15) is 39.2 Å². The molecule has 2 amide bonds. The first kappa shape index (κ1) is 31.0. The highest BCUT2D eigenvalue weighted by atomic mass is 35.5. The molecule has 0 unspecified atom stereocenters. The van der Waals surface area contributed by atoms with Crippen LogP contribution < -0.4 is 14.4 Å². The number of hydrogen-bond donors (Lipinski definition) is 1. The van der Waals surface area contributed by atoms with E-state index in [9.17, 15) is 18.0 Å². The predicted octanol–water partition coefficient (Wildman–Crippen LogP) is 5.27. The molecule has 8 nitrogen and oxygen atoms in total. The Morgan fingerprint density at radius 3 is 2.25 bits per heavy atom. The summed E-state index contributed by atoms with van der Waals surface area (Å²) in [6.45, 7) is 5.15. The van der Waals surface area contributed by atoms with Crippen molar-refractivity contribution in [1.29, 1.82) is 0 Å². The minimum Gasteiger partial charge on any atom is -0.497 e.